The van der Waals surface area contributed by atoms with Crippen molar-refractivity contribution in [2.45, 2.75) is 19.4 Å². The van der Waals surface area contributed by atoms with Gasteiger partial charge in [-0.15, -0.1) is 0 Å². The molecule has 0 bridgehead atoms. The van der Waals surface area contributed by atoms with Crippen molar-refractivity contribution in [3.63, 3.8) is 0 Å². The molecule has 0 saturated carbocycles. The van der Waals surface area contributed by atoms with E-state index in [0.717, 1.165) is 0 Å². The molecule has 0 atom stereocenters. The molecule has 94 valence electrons. The Morgan fingerprint density at radius 1 is 1.47 bits per heavy atom. The van der Waals surface area contributed by atoms with E-state index >= 15 is 0 Å². The van der Waals surface area contributed by atoms with Crippen LogP contribution in [0.4, 0.5) is 0 Å². The predicted octanol–water partition coefficient (Wildman–Crippen LogP) is 2.23. The van der Waals surface area contributed by atoms with Gasteiger partial charge in [0, 0.05) is 13.6 Å². The van der Waals surface area contributed by atoms with Crippen molar-refractivity contribution >= 4 is 29.1 Å². The summed E-state index contributed by atoms with van der Waals surface area (Å²) in [6, 6.07) is 3.03. The summed E-state index contributed by atoms with van der Waals surface area (Å²) in [6.07, 6.45) is 0. The van der Waals surface area contributed by atoms with Crippen LogP contribution in [0.1, 0.15) is 24.3 Å². The summed E-state index contributed by atoms with van der Waals surface area (Å²) in [5.41, 5.74) is -0.888. The first-order valence-electron chi connectivity index (χ1n) is 5.00. The molecule has 1 rings (SSSR count). The Balaban J connectivity index is 2.93. The zero-order valence-electron chi connectivity index (χ0n) is 9.87. The zero-order chi connectivity index (χ0) is 13.2. The molecule has 17 heavy (non-hydrogen) atoms. The Morgan fingerprint density at radius 3 is 2.59 bits per heavy atom. The molecule has 0 unspecified atom stereocenters. The average Bonchev–Trinajstić information content (AvgIpc) is 2.18. The number of rotatable bonds is 3. The number of aromatic nitrogens is 1. The summed E-state index contributed by atoms with van der Waals surface area (Å²) in [7, 11) is 1.57. The van der Waals surface area contributed by atoms with E-state index in [1.807, 2.05) is 0 Å². The van der Waals surface area contributed by atoms with Gasteiger partial charge in [-0.2, -0.15) is 0 Å². The predicted molar refractivity (Wildman–Crippen MR) is 67.5 cm³/mol. The first-order chi connectivity index (χ1) is 7.70. The molecule has 0 radical (unpaired) electrons. The summed E-state index contributed by atoms with van der Waals surface area (Å²) in [5.74, 6) is -0.375. The van der Waals surface area contributed by atoms with Crippen LogP contribution < -0.4 is 0 Å². The fourth-order valence-corrected chi connectivity index (χ4v) is 1.73. The van der Waals surface area contributed by atoms with E-state index in [1.165, 1.54) is 17.0 Å². The number of carbonyl (C=O) groups is 1. The molecule has 4 nitrogen and oxygen atoms in total. The molecular weight excluding hydrogens is 263 g/mol. The molecular formula is C11H14Cl2N2O2. The van der Waals surface area contributed by atoms with Gasteiger partial charge in [0.15, 0.2) is 0 Å². The third-order valence-corrected chi connectivity index (χ3v) is 2.50. The summed E-state index contributed by atoms with van der Waals surface area (Å²) in [4.78, 5) is 17.2. The summed E-state index contributed by atoms with van der Waals surface area (Å²) in [6.45, 7) is 3.41. The van der Waals surface area contributed by atoms with Crippen LogP contribution in [0.3, 0.4) is 0 Å². The third-order valence-electron chi connectivity index (χ3n) is 1.99. The van der Waals surface area contributed by atoms with Crippen molar-refractivity contribution in [1.82, 2.24) is 9.88 Å². The van der Waals surface area contributed by atoms with Crippen LogP contribution in [0, 0.1) is 0 Å². The second-order valence-corrected chi connectivity index (χ2v) is 5.23. The topological polar surface area (TPSA) is 53.4 Å². The minimum absolute atomic E-state index is 0.0888. The summed E-state index contributed by atoms with van der Waals surface area (Å²) in [5, 5.41) is 10.1. The lowest BCUT2D eigenvalue weighted by atomic mass is 10.1. The Labute approximate surface area is 110 Å². The second-order valence-electron chi connectivity index (χ2n) is 4.44. The summed E-state index contributed by atoms with van der Waals surface area (Å²) < 4.78 is 0. The highest BCUT2D eigenvalue weighted by molar-refractivity contribution is 6.34. The van der Waals surface area contributed by atoms with E-state index in [4.69, 9.17) is 23.2 Å². The molecule has 1 amide bonds. The highest BCUT2D eigenvalue weighted by Crippen LogP contribution is 2.18. The molecule has 1 aromatic heterocycles. The molecule has 0 fully saturated rings. The van der Waals surface area contributed by atoms with Crippen molar-refractivity contribution in [1.29, 1.82) is 0 Å². The first kappa shape index (κ1) is 14.2. The molecule has 1 aromatic rings. The van der Waals surface area contributed by atoms with Crippen LogP contribution in [0.15, 0.2) is 12.1 Å². The van der Waals surface area contributed by atoms with Gasteiger partial charge in [0.2, 0.25) is 0 Å². The monoisotopic (exact) mass is 276 g/mol. The molecule has 0 aliphatic heterocycles. The number of amides is 1. The van der Waals surface area contributed by atoms with Gasteiger partial charge in [0.05, 0.1) is 10.6 Å². The lowest BCUT2D eigenvalue weighted by Crippen LogP contribution is -2.40. The van der Waals surface area contributed by atoms with Crippen LogP contribution in [-0.2, 0) is 0 Å². The van der Waals surface area contributed by atoms with Gasteiger partial charge >= 0.3 is 0 Å². The van der Waals surface area contributed by atoms with Crippen LogP contribution in [0.5, 0.6) is 0 Å². The largest absolute Gasteiger partial charge is 0.389 e. The quantitative estimate of drug-likeness (QED) is 0.862. The van der Waals surface area contributed by atoms with Crippen molar-refractivity contribution in [3.8, 4) is 0 Å². The second kappa shape index (κ2) is 5.21. The van der Waals surface area contributed by atoms with Crippen LogP contribution in [-0.4, -0.2) is 40.1 Å². The molecule has 0 aromatic carbocycles. The minimum atomic E-state index is -0.977. The number of carbonyl (C=O) groups excluding carboxylic acids is 1. The zero-order valence-corrected chi connectivity index (χ0v) is 11.4. The molecule has 0 saturated heterocycles. The highest BCUT2D eigenvalue weighted by Gasteiger charge is 2.23. The van der Waals surface area contributed by atoms with Crippen molar-refractivity contribution < 1.29 is 9.90 Å². The van der Waals surface area contributed by atoms with Crippen LogP contribution in [0.2, 0.25) is 10.2 Å². The Kier molecular flexibility index (Phi) is 4.36. The van der Waals surface area contributed by atoms with Gasteiger partial charge in [-0.05, 0) is 26.0 Å². The van der Waals surface area contributed by atoms with E-state index in [9.17, 15) is 9.90 Å². The number of likely N-dealkylation sites (N-methyl/N-ethyl adjacent to an activating group) is 1. The molecule has 0 spiro atoms. The van der Waals surface area contributed by atoms with Gasteiger partial charge in [0.25, 0.3) is 5.91 Å². The Hall–Kier alpha value is -0.840. The van der Waals surface area contributed by atoms with E-state index in [-0.39, 0.29) is 28.3 Å². The van der Waals surface area contributed by atoms with Gasteiger partial charge in [-0.3, -0.25) is 4.79 Å². The molecule has 6 heteroatoms. The average molecular weight is 277 g/mol. The molecule has 0 aliphatic carbocycles. The number of hydrogen-bond donors (Lipinski definition) is 1. The molecule has 0 aliphatic rings. The SMILES string of the molecule is CN(CC(C)(C)O)C(=O)c1nc(Cl)ccc1Cl. The fourth-order valence-electron chi connectivity index (χ4n) is 1.40. The highest BCUT2D eigenvalue weighted by atomic mass is 35.5. The number of pyridine rings is 1. The maximum Gasteiger partial charge on any atom is 0.273 e. The third kappa shape index (κ3) is 4.15. The van der Waals surface area contributed by atoms with E-state index < -0.39 is 5.60 Å². The minimum Gasteiger partial charge on any atom is -0.389 e. The lowest BCUT2D eigenvalue weighted by Gasteiger charge is -2.25. The number of halogens is 2. The maximum atomic E-state index is 12.0. The Bertz CT molecular complexity index is 430. The van der Waals surface area contributed by atoms with Crippen molar-refractivity contribution in [2.75, 3.05) is 13.6 Å². The van der Waals surface area contributed by atoms with Crippen LogP contribution in [0.25, 0.3) is 0 Å². The van der Waals surface area contributed by atoms with Crippen LogP contribution >= 0.6 is 23.2 Å². The van der Waals surface area contributed by atoms with E-state index in [1.54, 1.807) is 20.9 Å². The van der Waals surface area contributed by atoms with E-state index in [0.29, 0.717) is 0 Å². The van der Waals surface area contributed by atoms with Crippen molar-refractivity contribution in [2.24, 2.45) is 0 Å². The molecule has 1 heterocycles. The normalized spacial score (nSPS) is 11.4. The fraction of sp³-hybridized carbons (Fsp3) is 0.455. The first-order valence-corrected chi connectivity index (χ1v) is 5.76. The van der Waals surface area contributed by atoms with E-state index in [2.05, 4.69) is 4.98 Å². The van der Waals surface area contributed by atoms with Crippen molar-refractivity contribution in [3.05, 3.63) is 28.0 Å². The number of aliphatic hydroxyl groups is 1. The number of nitrogens with zero attached hydrogens (tertiary/aromatic N) is 2. The standard InChI is InChI=1S/C11H14Cl2N2O2/c1-11(2,17)6-15(3)10(16)9-7(12)4-5-8(13)14-9/h4-5,17H,6H2,1-3H3. The van der Waals surface area contributed by atoms with Gasteiger partial charge < -0.3 is 10.0 Å². The number of hydrogen-bond acceptors (Lipinski definition) is 3. The Morgan fingerprint density at radius 2 is 2.06 bits per heavy atom. The molecule has 1 N–H and O–H groups in total. The van der Waals surface area contributed by atoms with Gasteiger partial charge in [0.1, 0.15) is 10.8 Å². The maximum absolute atomic E-state index is 12.0. The summed E-state index contributed by atoms with van der Waals surface area (Å²) >= 11 is 11.6. The van der Waals surface area contributed by atoms with Gasteiger partial charge in [-0.1, -0.05) is 23.2 Å². The lowest BCUT2D eigenvalue weighted by molar-refractivity contribution is 0.0365. The smallest absolute Gasteiger partial charge is 0.273 e. The van der Waals surface area contributed by atoms with Gasteiger partial charge in [-0.25, -0.2) is 4.98 Å².